The third-order valence-corrected chi connectivity index (χ3v) is 2.30. The molecule has 6 nitrogen and oxygen atoms in total. The van der Waals surface area contributed by atoms with Crippen LogP contribution in [0.4, 0.5) is 0 Å². The number of benzene rings is 1. The number of oxazole rings is 1. The molecule has 1 aromatic heterocycles. The minimum Gasteiger partial charge on any atom is -0.480 e. The zero-order chi connectivity index (χ0) is 11.7. The van der Waals surface area contributed by atoms with E-state index in [0.29, 0.717) is 16.7 Å². The van der Waals surface area contributed by atoms with Gasteiger partial charge in [-0.25, -0.2) is 4.79 Å². The van der Waals surface area contributed by atoms with Gasteiger partial charge in [0.1, 0.15) is 6.04 Å². The number of fused-ring (bicyclic) bond motifs is 1. The molecule has 1 atom stereocenters. The lowest BCUT2D eigenvalue weighted by Gasteiger charge is -2.06. The summed E-state index contributed by atoms with van der Waals surface area (Å²) in [6.07, 6.45) is 0.141. The number of carboxylic acid groups (broad SMARTS) is 1. The van der Waals surface area contributed by atoms with Gasteiger partial charge in [0, 0.05) is 6.42 Å². The summed E-state index contributed by atoms with van der Waals surface area (Å²) in [5, 5.41) is 8.70. The van der Waals surface area contributed by atoms with Crippen molar-refractivity contribution in [3.05, 3.63) is 34.3 Å². The van der Waals surface area contributed by atoms with E-state index in [2.05, 4.69) is 4.98 Å². The Morgan fingerprint density at radius 1 is 1.56 bits per heavy atom. The molecular formula is C10H10N2O4. The fraction of sp³-hybridized carbons (Fsp3) is 0.200. The van der Waals surface area contributed by atoms with Crippen LogP contribution in [0.25, 0.3) is 11.1 Å². The number of carbonyl (C=O) groups is 1. The van der Waals surface area contributed by atoms with Crippen LogP contribution in [0.3, 0.4) is 0 Å². The van der Waals surface area contributed by atoms with Crippen LogP contribution < -0.4 is 11.5 Å². The number of aromatic nitrogens is 1. The van der Waals surface area contributed by atoms with Crippen molar-refractivity contribution in [2.24, 2.45) is 5.73 Å². The summed E-state index contributed by atoms with van der Waals surface area (Å²) < 4.78 is 4.85. The van der Waals surface area contributed by atoms with Gasteiger partial charge >= 0.3 is 11.7 Å². The average Bonchev–Trinajstić information content (AvgIpc) is 2.59. The average molecular weight is 222 g/mol. The maximum atomic E-state index is 11.0. The standard InChI is InChI=1S/C10H10N2O4/c11-6(9(13)14)4-5-2-1-3-7-8(5)12-10(15)16-7/h1-3,6H,4,11H2,(H,12,15)(H,13,14)/t6-/m0/s1. The number of hydrogen-bond donors (Lipinski definition) is 3. The van der Waals surface area contributed by atoms with Crippen molar-refractivity contribution in [3.63, 3.8) is 0 Å². The van der Waals surface area contributed by atoms with Gasteiger partial charge in [0.25, 0.3) is 0 Å². The lowest BCUT2D eigenvalue weighted by Crippen LogP contribution is -2.32. The van der Waals surface area contributed by atoms with Crippen LogP contribution in [0.1, 0.15) is 5.56 Å². The van der Waals surface area contributed by atoms with E-state index in [4.69, 9.17) is 15.3 Å². The molecule has 1 heterocycles. The molecule has 2 aromatic rings. The first-order chi connectivity index (χ1) is 7.58. The maximum Gasteiger partial charge on any atom is 0.417 e. The molecule has 0 amide bonds. The zero-order valence-electron chi connectivity index (χ0n) is 8.27. The molecule has 0 aliphatic heterocycles. The van der Waals surface area contributed by atoms with Crippen molar-refractivity contribution in [1.29, 1.82) is 0 Å². The molecule has 0 fully saturated rings. The van der Waals surface area contributed by atoms with E-state index < -0.39 is 17.8 Å². The third kappa shape index (κ3) is 1.82. The number of nitrogens with one attached hydrogen (secondary N) is 1. The maximum absolute atomic E-state index is 11.0. The Hall–Kier alpha value is -2.08. The van der Waals surface area contributed by atoms with Crippen molar-refractivity contribution in [2.75, 3.05) is 0 Å². The molecule has 0 saturated heterocycles. The van der Waals surface area contributed by atoms with E-state index in [1.165, 1.54) is 0 Å². The predicted octanol–water partition coefficient (Wildman–Crippen LogP) is 0.0755. The largest absolute Gasteiger partial charge is 0.480 e. The van der Waals surface area contributed by atoms with Crippen LogP contribution in [-0.4, -0.2) is 22.1 Å². The van der Waals surface area contributed by atoms with Crippen molar-refractivity contribution >= 4 is 17.1 Å². The lowest BCUT2D eigenvalue weighted by atomic mass is 10.1. The van der Waals surface area contributed by atoms with E-state index in [-0.39, 0.29) is 6.42 Å². The number of H-pyrrole nitrogens is 1. The molecule has 1 aromatic carbocycles. The number of rotatable bonds is 3. The van der Waals surface area contributed by atoms with Crippen LogP contribution in [-0.2, 0) is 11.2 Å². The van der Waals surface area contributed by atoms with Gasteiger partial charge in [-0.2, -0.15) is 0 Å². The molecule has 0 saturated carbocycles. The van der Waals surface area contributed by atoms with E-state index in [1.807, 2.05) is 0 Å². The van der Waals surface area contributed by atoms with Gasteiger partial charge in [-0.15, -0.1) is 0 Å². The highest BCUT2D eigenvalue weighted by atomic mass is 16.4. The summed E-state index contributed by atoms with van der Waals surface area (Å²) in [5.74, 6) is -1.64. The number of aromatic amines is 1. The molecule has 0 bridgehead atoms. The Morgan fingerprint density at radius 3 is 3.00 bits per heavy atom. The van der Waals surface area contributed by atoms with Crippen molar-refractivity contribution in [3.8, 4) is 0 Å². The lowest BCUT2D eigenvalue weighted by molar-refractivity contribution is -0.138. The number of para-hydroxylation sites is 1. The van der Waals surface area contributed by atoms with E-state index in [1.54, 1.807) is 18.2 Å². The van der Waals surface area contributed by atoms with Crippen LogP contribution >= 0.6 is 0 Å². The smallest absolute Gasteiger partial charge is 0.417 e. The molecule has 4 N–H and O–H groups in total. The molecule has 84 valence electrons. The molecule has 0 spiro atoms. The fourth-order valence-corrected chi connectivity index (χ4v) is 1.53. The second kappa shape index (κ2) is 3.82. The third-order valence-electron chi connectivity index (χ3n) is 2.30. The highest BCUT2D eigenvalue weighted by Crippen LogP contribution is 2.16. The van der Waals surface area contributed by atoms with Gasteiger partial charge in [-0.05, 0) is 11.6 Å². The fourth-order valence-electron chi connectivity index (χ4n) is 1.53. The number of aliphatic carboxylic acids is 1. The first-order valence-electron chi connectivity index (χ1n) is 4.67. The Bertz CT molecular complexity index is 584. The molecular weight excluding hydrogens is 212 g/mol. The van der Waals surface area contributed by atoms with Gasteiger partial charge in [0.2, 0.25) is 0 Å². The second-order valence-electron chi connectivity index (χ2n) is 3.45. The van der Waals surface area contributed by atoms with Crippen molar-refractivity contribution in [1.82, 2.24) is 4.98 Å². The molecule has 0 aliphatic rings. The molecule has 2 rings (SSSR count). The summed E-state index contributed by atoms with van der Waals surface area (Å²) in [4.78, 5) is 24.1. The molecule has 0 aliphatic carbocycles. The first-order valence-corrected chi connectivity index (χ1v) is 4.67. The second-order valence-corrected chi connectivity index (χ2v) is 3.45. The number of nitrogens with two attached hydrogens (primary N) is 1. The van der Waals surface area contributed by atoms with E-state index in [9.17, 15) is 9.59 Å². The quantitative estimate of drug-likeness (QED) is 0.681. The normalized spacial score (nSPS) is 12.8. The highest BCUT2D eigenvalue weighted by molar-refractivity contribution is 5.78. The van der Waals surface area contributed by atoms with E-state index in [0.717, 1.165) is 0 Å². The van der Waals surface area contributed by atoms with Crippen LogP contribution in [0.5, 0.6) is 0 Å². The van der Waals surface area contributed by atoms with Crippen LogP contribution in [0, 0.1) is 0 Å². The Kier molecular flexibility index (Phi) is 2.49. The monoisotopic (exact) mass is 222 g/mol. The Morgan fingerprint density at radius 2 is 2.31 bits per heavy atom. The van der Waals surface area contributed by atoms with Crippen molar-refractivity contribution < 1.29 is 14.3 Å². The predicted molar refractivity (Wildman–Crippen MR) is 56.1 cm³/mol. The molecule has 6 heteroatoms. The minimum absolute atomic E-state index is 0.141. The van der Waals surface area contributed by atoms with Gasteiger partial charge < -0.3 is 15.3 Å². The molecule has 0 radical (unpaired) electrons. The number of carboxylic acids is 1. The summed E-state index contributed by atoms with van der Waals surface area (Å²) in [6, 6.07) is 4.02. The summed E-state index contributed by atoms with van der Waals surface area (Å²) in [7, 11) is 0. The first kappa shape index (κ1) is 10.4. The summed E-state index contributed by atoms with van der Waals surface area (Å²) in [6.45, 7) is 0. The molecule has 0 unspecified atom stereocenters. The van der Waals surface area contributed by atoms with Gasteiger partial charge in [-0.1, -0.05) is 12.1 Å². The van der Waals surface area contributed by atoms with Crippen molar-refractivity contribution in [2.45, 2.75) is 12.5 Å². The highest BCUT2D eigenvalue weighted by Gasteiger charge is 2.15. The molecule has 16 heavy (non-hydrogen) atoms. The minimum atomic E-state index is -1.08. The SMILES string of the molecule is N[C@@H](Cc1cccc2oc(=O)[nH]c12)C(=O)O. The Balaban J connectivity index is 2.44. The Labute approximate surface area is 89.7 Å². The summed E-state index contributed by atoms with van der Waals surface area (Å²) >= 11 is 0. The summed E-state index contributed by atoms with van der Waals surface area (Å²) in [5.41, 5.74) is 6.98. The zero-order valence-corrected chi connectivity index (χ0v) is 8.27. The number of hydrogen-bond acceptors (Lipinski definition) is 4. The van der Waals surface area contributed by atoms with Gasteiger partial charge in [0.15, 0.2) is 5.58 Å². The van der Waals surface area contributed by atoms with Gasteiger partial charge in [-0.3, -0.25) is 9.78 Å². The van der Waals surface area contributed by atoms with Crippen LogP contribution in [0.2, 0.25) is 0 Å². The van der Waals surface area contributed by atoms with Gasteiger partial charge in [0.05, 0.1) is 5.52 Å². The van der Waals surface area contributed by atoms with Crippen LogP contribution in [0.15, 0.2) is 27.4 Å². The van der Waals surface area contributed by atoms with E-state index >= 15 is 0 Å². The topological polar surface area (TPSA) is 109 Å².